The maximum Gasteiger partial charge on any atom is 0.303 e. The molecule has 0 spiro atoms. The molecule has 202 valence electrons. The quantitative estimate of drug-likeness (QED) is 0.532. The molecule has 2 aliphatic carbocycles. The summed E-state index contributed by atoms with van der Waals surface area (Å²) in [6, 6.07) is 8.61. The largest absolute Gasteiger partial charge is 0.481 e. The van der Waals surface area contributed by atoms with Gasteiger partial charge in [-0.1, -0.05) is 38.1 Å². The topological polar surface area (TPSA) is 83.9 Å². The first-order valence-electron chi connectivity index (χ1n) is 13.5. The number of carboxylic acid groups (broad SMARTS) is 1. The molecule has 0 bridgehead atoms. The molecule has 1 N–H and O–H groups in total. The Morgan fingerprint density at radius 2 is 1.82 bits per heavy atom. The van der Waals surface area contributed by atoms with Crippen LogP contribution in [0.3, 0.4) is 0 Å². The molecule has 0 radical (unpaired) electrons. The summed E-state index contributed by atoms with van der Waals surface area (Å²) < 4.78 is 20.4. The van der Waals surface area contributed by atoms with Gasteiger partial charge in [0.05, 0.1) is 6.61 Å². The van der Waals surface area contributed by atoms with Crippen molar-refractivity contribution in [3.05, 3.63) is 69.5 Å². The molecule has 3 aliphatic rings. The van der Waals surface area contributed by atoms with Crippen LogP contribution in [0.4, 0.5) is 4.39 Å². The third-order valence-corrected chi connectivity index (χ3v) is 8.69. The minimum atomic E-state index is -0.849. The molecule has 2 aromatic rings. The molecule has 1 atom stereocenters. The van der Waals surface area contributed by atoms with Crippen molar-refractivity contribution in [2.75, 3.05) is 13.7 Å². The van der Waals surface area contributed by atoms with Crippen molar-refractivity contribution in [2.45, 2.75) is 76.9 Å². The van der Waals surface area contributed by atoms with Crippen molar-refractivity contribution in [3.63, 3.8) is 0 Å². The van der Waals surface area contributed by atoms with Gasteiger partial charge in [0.25, 0.3) is 0 Å². The highest BCUT2D eigenvalue weighted by Gasteiger charge is 2.43. The zero-order chi connectivity index (χ0) is 27.2. The van der Waals surface area contributed by atoms with Gasteiger partial charge in [-0.05, 0) is 82.9 Å². The average molecular weight is 522 g/mol. The maximum atomic E-state index is 15.2. The second-order valence-corrected chi connectivity index (χ2v) is 11.9. The Balaban J connectivity index is 1.42. The van der Waals surface area contributed by atoms with Gasteiger partial charge < -0.3 is 14.7 Å². The first kappa shape index (κ1) is 26.5. The summed E-state index contributed by atoms with van der Waals surface area (Å²) in [7, 11) is 1.64. The molecule has 0 aromatic heterocycles. The van der Waals surface area contributed by atoms with Crippen molar-refractivity contribution in [1.82, 2.24) is 4.90 Å². The summed E-state index contributed by atoms with van der Waals surface area (Å²) in [6.07, 6.45) is 3.49. The fourth-order valence-corrected chi connectivity index (χ4v) is 6.76. The van der Waals surface area contributed by atoms with Crippen molar-refractivity contribution < 1.29 is 28.6 Å². The first-order valence-corrected chi connectivity index (χ1v) is 13.5. The van der Waals surface area contributed by atoms with Gasteiger partial charge in [-0.3, -0.25) is 14.4 Å². The van der Waals surface area contributed by atoms with Crippen LogP contribution in [0.15, 0.2) is 30.3 Å². The summed E-state index contributed by atoms with van der Waals surface area (Å²) >= 11 is 0. The van der Waals surface area contributed by atoms with Gasteiger partial charge in [0, 0.05) is 32.4 Å². The van der Waals surface area contributed by atoms with E-state index in [1.807, 2.05) is 24.3 Å². The highest BCUT2D eigenvalue weighted by atomic mass is 19.1. The van der Waals surface area contributed by atoms with Gasteiger partial charge >= 0.3 is 5.97 Å². The van der Waals surface area contributed by atoms with E-state index in [0.717, 1.165) is 40.7 Å². The summed E-state index contributed by atoms with van der Waals surface area (Å²) in [5, 5.41) is 9.08. The molecule has 1 amide bonds. The number of carbonyl (C=O) groups is 3. The fourth-order valence-electron chi connectivity index (χ4n) is 6.76. The highest BCUT2D eigenvalue weighted by Crippen LogP contribution is 2.42. The standard InChI is InChI=1S/C31H36FNO5/c1-31(2)8-6-22-11-20(14-25(32)28(22)31)15-26(34)29-24-5-4-18(17-38-3)10-21(24)7-9-33(29)30(37)23-12-19(13-23)16-27(35)36/h4-5,10-11,14,19,23,29H,6-9,12-13,15-17H2,1-3H3,(H,35,36). The number of ketones is 1. The van der Waals surface area contributed by atoms with Crippen LogP contribution in [-0.4, -0.2) is 41.3 Å². The second kappa shape index (κ2) is 10.3. The lowest BCUT2D eigenvalue weighted by atomic mass is 9.72. The number of methoxy groups -OCH3 is 1. The fraction of sp³-hybridized carbons (Fsp3) is 0.516. The first-order chi connectivity index (χ1) is 18.1. The van der Waals surface area contributed by atoms with E-state index in [2.05, 4.69) is 13.8 Å². The number of amides is 1. The number of carboxylic acids is 1. The van der Waals surface area contributed by atoms with Crippen molar-refractivity contribution in [2.24, 2.45) is 11.8 Å². The van der Waals surface area contributed by atoms with E-state index in [0.29, 0.717) is 38.0 Å². The zero-order valence-corrected chi connectivity index (χ0v) is 22.4. The van der Waals surface area contributed by atoms with E-state index in [1.165, 1.54) is 6.07 Å². The number of rotatable bonds is 8. The van der Waals surface area contributed by atoms with Crippen molar-refractivity contribution in [3.8, 4) is 0 Å². The number of aryl methyl sites for hydroxylation is 1. The van der Waals surface area contributed by atoms with Crippen LogP contribution in [0.5, 0.6) is 0 Å². The zero-order valence-electron chi connectivity index (χ0n) is 22.4. The molecule has 6 nitrogen and oxygen atoms in total. The number of fused-ring (bicyclic) bond motifs is 2. The van der Waals surface area contributed by atoms with Crippen LogP contribution in [0.1, 0.15) is 79.0 Å². The molecule has 38 heavy (non-hydrogen) atoms. The normalized spacial score (nSPS) is 23.4. The molecular formula is C31H36FNO5. The van der Waals surface area contributed by atoms with E-state index < -0.39 is 12.0 Å². The van der Waals surface area contributed by atoms with E-state index in [-0.39, 0.29) is 47.6 Å². The Hall–Kier alpha value is -3.06. The minimum absolute atomic E-state index is 0.00270. The molecule has 7 heteroatoms. The number of Topliss-reactive ketones (excluding diaryl/α,β-unsaturated/α-hetero) is 1. The van der Waals surface area contributed by atoms with E-state index in [4.69, 9.17) is 9.84 Å². The number of aliphatic carboxylic acids is 1. The third kappa shape index (κ3) is 5.00. The highest BCUT2D eigenvalue weighted by molar-refractivity contribution is 5.93. The van der Waals surface area contributed by atoms with Gasteiger partial charge in [-0.15, -0.1) is 0 Å². The summed E-state index contributed by atoms with van der Waals surface area (Å²) in [6.45, 7) is 4.99. The predicted octanol–water partition coefficient (Wildman–Crippen LogP) is 4.93. The predicted molar refractivity (Wildman–Crippen MR) is 140 cm³/mol. The monoisotopic (exact) mass is 521 g/mol. The van der Waals surface area contributed by atoms with Crippen LogP contribution in [-0.2, 0) is 50.4 Å². The molecule has 0 saturated heterocycles. The smallest absolute Gasteiger partial charge is 0.303 e. The number of nitrogens with zero attached hydrogens (tertiary/aromatic N) is 1. The van der Waals surface area contributed by atoms with Crippen LogP contribution in [0, 0.1) is 17.7 Å². The lowest BCUT2D eigenvalue weighted by Gasteiger charge is -2.42. The molecule has 1 unspecified atom stereocenters. The number of ether oxygens (including phenoxy) is 1. The van der Waals surface area contributed by atoms with Crippen LogP contribution < -0.4 is 0 Å². The lowest BCUT2D eigenvalue weighted by Crippen LogP contribution is -2.49. The van der Waals surface area contributed by atoms with Crippen molar-refractivity contribution in [1.29, 1.82) is 0 Å². The molecular weight excluding hydrogens is 485 g/mol. The Morgan fingerprint density at radius 3 is 2.53 bits per heavy atom. The summed E-state index contributed by atoms with van der Waals surface area (Å²) in [5.74, 6) is -1.58. The van der Waals surface area contributed by atoms with E-state index in [1.54, 1.807) is 12.0 Å². The Bertz CT molecular complexity index is 1280. The Morgan fingerprint density at radius 1 is 1.08 bits per heavy atom. The molecule has 1 saturated carbocycles. The maximum absolute atomic E-state index is 15.2. The number of hydrogen-bond donors (Lipinski definition) is 1. The van der Waals surface area contributed by atoms with Crippen LogP contribution in [0.2, 0.25) is 0 Å². The third-order valence-electron chi connectivity index (χ3n) is 8.69. The average Bonchev–Trinajstić information content (AvgIpc) is 3.14. The van der Waals surface area contributed by atoms with Crippen LogP contribution in [0.25, 0.3) is 0 Å². The van der Waals surface area contributed by atoms with Gasteiger partial charge in [0.2, 0.25) is 5.91 Å². The number of benzene rings is 2. The second-order valence-electron chi connectivity index (χ2n) is 11.9. The SMILES string of the molecule is COCc1ccc2c(c1)CCN(C(=O)C1CC(CC(=O)O)C1)C2C(=O)Cc1cc(F)c2c(c1)CCC2(C)C. The minimum Gasteiger partial charge on any atom is -0.481 e. The van der Waals surface area contributed by atoms with Gasteiger partial charge in [0.15, 0.2) is 5.78 Å². The van der Waals surface area contributed by atoms with E-state index in [9.17, 15) is 14.4 Å². The number of carbonyl (C=O) groups excluding carboxylic acids is 2. The summed E-state index contributed by atoms with van der Waals surface area (Å²) in [4.78, 5) is 40.2. The Labute approximate surface area is 223 Å². The molecule has 1 fully saturated rings. The molecule has 1 heterocycles. The molecule has 5 rings (SSSR count). The van der Waals surface area contributed by atoms with Crippen molar-refractivity contribution >= 4 is 17.7 Å². The van der Waals surface area contributed by atoms with Gasteiger partial charge in [0.1, 0.15) is 11.9 Å². The number of halogens is 1. The van der Waals surface area contributed by atoms with Gasteiger partial charge in [-0.25, -0.2) is 4.39 Å². The van der Waals surface area contributed by atoms with Gasteiger partial charge in [-0.2, -0.15) is 0 Å². The van der Waals surface area contributed by atoms with Crippen LogP contribution >= 0.6 is 0 Å². The molecule has 2 aromatic carbocycles. The number of hydrogen-bond acceptors (Lipinski definition) is 4. The summed E-state index contributed by atoms with van der Waals surface area (Å²) in [5.41, 5.74) is 5.01. The Kier molecular flexibility index (Phi) is 7.16. The lowest BCUT2D eigenvalue weighted by molar-refractivity contribution is -0.149. The molecule has 1 aliphatic heterocycles. The van der Waals surface area contributed by atoms with E-state index >= 15 is 4.39 Å².